The third-order valence-corrected chi connectivity index (χ3v) is 4.42. The molecule has 3 N–H and O–H groups in total. The number of rotatable bonds is 6. The van der Waals surface area contributed by atoms with Crippen LogP contribution in [0.2, 0.25) is 0 Å². The molecule has 0 fully saturated rings. The van der Waals surface area contributed by atoms with Gasteiger partial charge in [0.15, 0.2) is 11.3 Å². The van der Waals surface area contributed by atoms with Gasteiger partial charge < -0.3 is 20.1 Å². The first kappa shape index (κ1) is 20.2. The fourth-order valence-corrected chi connectivity index (χ4v) is 3.05. The van der Waals surface area contributed by atoms with Crippen molar-refractivity contribution in [1.29, 1.82) is 0 Å². The van der Waals surface area contributed by atoms with Crippen LogP contribution in [-0.2, 0) is 20.7 Å². The molecule has 8 heteroatoms. The van der Waals surface area contributed by atoms with E-state index in [1.807, 2.05) is 36.4 Å². The van der Waals surface area contributed by atoms with Gasteiger partial charge in [0.05, 0.1) is 0 Å². The first-order chi connectivity index (χ1) is 13.6. The Bertz CT molecular complexity index is 1120. The number of nitrogens with zero attached hydrogens (tertiary/aromatic N) is 1. The largest absolute Gasteiger partial charge is 0.477 e. The molecule has 0 saturated heterocycles. The molecule has 1 aliphatic rings. The second kappa shape index (κ2) is 8.62. The Morgan fingerprint density at radius 3 is 2.76 bits per heavy atom. The van der Waals surface area contributed by atoms with Crippen LogP contribution in [0.1, 0.15) is 11.1 Å². The van der Waals surface area contributed by atoms with Crippen molar-refractivity contribution in [2.24, 2.45) is 0 Å². The molecule has 0 saturated carbocycles. The minimum Gasteiger partial charge on any atom is -0.477 e. The average molecular weight is 412 g/mol. The van der Waals surface area contributed by atoms with Crippen LogP contribution >= 0.6 is 12.4 Å². The molecule has 2 aromatic heterocycles. The summed E-state index contributed by atoms with van der Waals surface area (Å²) in [4.78, 5) is 31.3. The number of aromatic nitrogens is 2. The van der Waals surface area contributed by atoms with Gasteiger partial charge in [-0.1, -0.05) is 30.3 Å². The molecule has 29 heavy (non-hydrogen) atoms. The molecule has 0 spiro atoms. The number of hydrogen-bond acceptors (Lipinski definition) is 5. The van der Waals surface area contributed by atoms with Crippen molar-refractivity contribution in [3.05, 3.63) is 83.2 Å². The van der Waals surface area contributed by atoms with Crippen LogP contribution < -0.4 is 5.32 Å². The Morgan fingerprint density at radius 1 is 1.21 bits per heavy atom. The molecule has 0 aliphatic carbocycles. The number of carboxylic acids is 1. The zero-order valence-corrected chi connectivity index (χ0v) is 16.0. The van der Waals surface area contributed by atoms with Crippen molar-refractivity contribution in [1.82, 2.24) is 15.3 Å². The summed E-state index contributed by atoms with van der Waals surface area (Å²) < 4.78 is 5.57. The number of carbonyl (C=O) groups excluding carboxylic acids is 1. The third kappa shape index (κ3) is 4.14. The molecule has 0 amide bonds. The molecule has 0 bridgehead atoms. The van der Waals surface area contributed by atoms with Crippen LogP contribution in [0, 0.1) is 0 Å². The number of benzene rings is 1. The number of allylic oxidation sites excluding steroid dienone is 1. The van der Waals surface area contributed by atoms with Crippen molar-refractivity contribution in [3.8, 4) is 0 Å². The number of ketones is 1. The maximum absolute atomic E-state index is 12.6. The van der Waals surface area contributed by atoms with Crippen molar-refractivity contribution < 1.29 is 19.4 Å². The number of carboxylic acid groups (broad SMARTS) is 1. The summed E-state index contributed by atoms with van der Waals surface area (Å²) in [6.45, 7) is 0.438. The van der Waals surface area contributed by atoms with E-state index in [1.165, 1.54) is 6.08 Å². The first-order valence-electron chi connectivity index (χ1n) is 8.75. The predicted octanol–water partition coefficient (Wildman–Crippen LogP) is 3.05. The summed E-state index contributed by atoms with van der Waals surface area (Å²) in [5, 5.41) is 13.2. The molecule has 3 aromatic rings. The fourth-order valence-electron chi connectivity index (χ4n) is 3.05. The maximum atomic E-state index is 12.6. The minimum atomic E-state index is -1.32. The van der Waals surface area contributed by atoms with Gasteiger partial charge in [-0.05, 0) is 30.2 Å². The molecular weight excluding hydrogens is 394 g/mol. The molecule has 0 atom stereocenters. The van der Waals surface area contributed by atoms with E-state index in [0.29, 0.717) is 24.2 Å². The summed E-state index contributed by atoms with van der Waals surface area (Å²) in [7, 11) is 0. The number of pyridine rings is 1. The van der Waals surface area contributed by atoms with Gasteiger partial charge in [0.2, 0.25) is 11.7 Å². The van der Waals surface area contributed by atoms with E-state index in [9.17, 15) is 14.7 Å². The number of aromatic amines is 1. The Hall–Kier alpha value is -3.58. The SMILES string of the molecule is Cl.O=C(O)C1=C(NCCc2ccccc2)O/C(=C\c2c[nH]c3ncccc23)C1=O. The summed E-state index contributed by atoms with van der Waals surface area (Å²) in [6, 6.07) is 13.4. The van der Waals surface area contributed by atoms with Gasteiger partial charge in [-0.3, -0.25) is 4.79 Å². The Kier molecular flexibility index (Phi) is 5.99. The summed E-state index contributed by atoms with van der Waals surface area (Å²) >= 11 is 0. The number of nitrogens with one attached hydrogen (secondary N) is 2. The van der Waals surface area contributed by atoms with Crippen LogP contribution in [0.15, 0.2) is 72.1 Å². The predicted molar refractivity (Wildman–Crippen MR) is 110 cm³/mol. The highest BCUT2D eigenvalue weighted by Crippen LogP contribution is 2.27. The zero-order valence-electron chi connectivity index (χ0n) is 15.2. The van der Waals surface area contributed by atoms with E-state index >= 15 is 0 Å². The van der Waals surface area contributed by atoms with Crippen LogP contribution in [-0.4, -0.2) is 33.4 Å². The lowest BCUT2D eigenvalue weighted by molar-refractivity contribution is -0.134. The average Bonchev–Trinajstić information content (AvgIpc) is 3.24. The Labute approximate surface area is 172 Å². The highest BCUT2D eigenvalue weighted by Gasteiger charge is 2.35. The van der Waals surface area contributed by atoms with E-state index in [4.69, 9.17) is 4.74 Å². The maximum Gasteiger partial charge on any atom is 0.345 e. The molecule has 4 rings (SSSR count). The molecule has 148 valence electrons. The summed E-state index contributed by atoms with van der Waals surface area (Å²) in [5.74, 6) is -2.05. The van der Waals surface area contributed by atoms with Crippen LogP contribution in [0.5, 0.6) is 0 Å². The second-order valence-electron chi connectivity index (χ2n) is 6.26. The summed E-state index contributed by atoms with van der Waals surface area (Å²) in [6.07, 6.45) is 5.55. The highest BCUT2D eigenvalue weighted by molar-refractivity contribution is 6.26. The number of hydrogen-bond donors (Lipinski definition) is 3. The number of fused-ring (bicyclic) bond motifs is 1. The number of H-pyrrole nitrogens is 1. The van der Waals surface area contributed by atoms with Gasteiger partial charge >= 0.3 is 5.97 Å². The van der Waals surface area contributed by atoms with E-state index in [-0.39, 0.29) is 24.0 Å². The smallest absolute Gasteiger partial charge is 0.345 e. The normalized spacial score (nSPS) is 14.8. The standard InChI is InChI=1S/C21H17N3O4.ClH/c25-18-16(11-14-12-24-19-15(14)7-4-9-22-19)28-20(17(18)21(26)27)23-10-8-13-5-2-1-3-6-13;/h1-7,9,11-12,23H,8,10H2,(H,22,24)(H,26,27);1H/b16-11-;. The van der Waals surface area contributed by atoms with Gasteiger partial charge in [-0.25, -0.2) is 9.78 Å². The van der Waals surface area contributed by atoms with Gasteiger partial charge in [-0.2, -0.15) is 0 Å². The quantitative estimate of drug-likeness (QED) is 0.425. The number of ether oxygens (including phenoxy) is 1. The molecule has 7 nitrogen and oxygen atoms in total. The van der Waals surface area contributed by atoms with Gasteiger partial charge in [0.1, 0.15) is 5.65 Å². The topological polar surface area (TPSA) is 104 Å². The van der Waals surface area contributed by atoms with Crippen LogP contribution in [0.4, 0.5) is 0 Å². The van der Waals surface area contributed by atoms with Crippen molar-refractivity contribution in [3.63, 3.8) is 0 Å². The van der Waals surface area contributed by atoms with Crippen molar-refractivity contribution in [2.45, 2.75) is 6.42 Å². The van der Waals surface area contributed by atoms with Crippen LogP contribution in [0.3, 0.4) is 0 Å². The molecule has 1 aliphatic heterocycles. The summed E-state index contributed by atoms with van der Waals surface area (Å²) in [5.41, 5.74) is 2.07. The molecule has 0 unspecified atom stereocenters. The second-order valence-corrected chi connectivity index (χ2v) is 6.26. The molecular formula is C21H18ClN3O4. The van der Waals surface area contributed by atoms with E-state index in [2.05, 4.69) is 15.3 Å². The lowest BCUT2D eigenvalue weighted by Gasteiger charge is -2.08. The third-order valence-electron chi connectivity index (χ3n) is 4.42. The zero-order chi connectivity index (χ0) is 19.5. The molecule has 3 heterocycles. The molecule has 0 radical (unpaired) electrons. The van der Waals surface area contributed by atoms with E-state index in [1.54, 1.807) is 18.5 Å². The lowest BCUT2D eigenvalue weighted by atomic mass is 10.1. The lowest BCUT2D eigenvalue weighted by Crippen LogP contribution is -2.20. The van der Waals surface area contributed by atoms with Crippen molar-refractivity contribution in [2.75, 3.05) is 6.54 Å². The van der Waals surface area contributed by atoms with Crippen molar-refractivity contribution >= 4 is 41.3 Å². The highest BCUT2D eigenvalue weighted by atomic mass is 35.5. The number of carbonyl (C=O) groups is 2. The number of aliphatic carboxylic acids is 1. The number of Topliss-reactive ketones (excluding diaryl/α,β-unsaturated/α-hetero) is 1. The first-order valence-corrected chi connectivity index (χ1v) is 8.75. The van der Waals surface area contributed by atoms with Crippen LogP contribution in [0.25, 0.3) is 17.1 Å². The van der Waals surface area contributed by atoms with E-state index in [0.717, 1.165) is 10.9 Å². The van der Waals surface area contributed by atoms with Gasteiger partial charge in [0, 0.05) is 29.9 Å². The number of halogens is 1. The minimum absolute atomic E-state index is 0. The monoisotopic (exact) mass is 411 g/mol. The van der Waals surface area contributed by atoms with Gasteiger partial charge in [-0.15, -0.1) is 12.4 Å². The van der Waals surface area contributed by atoms with E-state index < -0.39 is 17.3 Å². The fraction of sp³-hybridized carbons (Fsp3) is 0.0952. The Morgan fingerprint density at radius 2 is 2.00 bits per heavy atom. The molecule has 1 aromatic carbocycles. The van der Waals surface area contributed by atoms with Gasteiger partial charge in [0.25, 0.3) is 0 Å². The Balaban J connectivity index is 0.00000240.